The molecule has 2 N–H and O–H groups in total. The van der Waals surface area contributed by atoms with Gasteiger partial charge >= 0.3 is 0 Å². The molecule has 0 spiro atoms. The Bertz CT molecular complexity index is 331. The number of hydrogen-bond donors (Lipinski definition) is 1. The summed E-state index contributed by atoms with van der Waals surface area (Å²) in [6.07, 6.45) is 5.32. The zero-order valence-electron chi connectivity index (χ0n) is 9.24. The Kier molecular flexibility index (Phi) is 3.16. The molecule has 1 aromatic rings. The van der Waals surface area contributed by atoms with E-state index < -0.39 is 0 Å². The molecule has 4 nitrogen and oxygen atoms in total. The zero-order chi connectivity index (χ0) is 10.7. The van der Waals surface area contributed by atoms with E-state index in [-0.39, 0.29) is 0 Å². The second-order valence-corrected chi connectivity index (χ2v) is 4.00. The van der Waals surface area contributed by atoms with Crippen LogP contribution in [0.15, 0.2) is 6.20 Å². The third-order valence-corrected chi connectivity index (χ3v) is 2.78. The fraction of sp³-hybridized carbons (Fsp3) is 0.636. The minimum atomic E-state index is 0.660. The molecule has 1 aliphatic rings. The molecule has 0 radical (unpaired) electrons. The van der Waals surface area contributed by atoms with Gasteiger partial charge in [0.25, 0.3) is 0 Å². The van der Waals surface area contributed by atoms with Gasteiger partial charge in [-0.3, -0.25) is 0 Å². The molecule has 0 aliphatic carbocycles. The van der Waals surface area contributed by atoms with E-state index in [1.807, 2.05) is 13.1 Å². The summed E-state index contributed by atoms with van der Waals surface area (Å²) in [5, 5.41) is 0. The second-order valence-electron chi connectivity index (χ2n) is 4.00. The molecule has 1 aliphatic heterocycles. The van der Waals surface area contributed by atoms with Crippen molar-refractivity contribution in [3.63, 3.8) is 0 Å². The Morgan fingerprint density at radius 3 is 2.80 bits per heavy atom. The average Bonchev–Trinajstić information content (AvgIpc) is 2.74. The molecule has 1 fully saturated rings. The van der Waals surface area contributed by atoms with E-state index in [0.29, 0.717) is 6.54 Å². The largest absolute Gasteiger partial charge is 0.356 e. The molecule has 15 heavy (non-hydrogen) atoms. The number of anilines is 1. The standard InChI is InChI=1S/C11H18N4/c1-9-13-8-10(4-5-12)11(14-9)15-6-2-3-7-15/h8H,2-7,12H2,1H3. The molecule has 0 unspecified atom stereocenters. The fourth-order valence-electron chi connectivity index (χ4n) is 2.02. The molecule has 1 aromatic heterocycles. The Labute approximate surface area is 90.5 Å². The summed E-state index contributed by atoms with van der Waals surface area (Å²) in [4.78, 5) is 11.1. The fourth-order valence-corrected chi connectivity index (χ4v) is 2.02. The Balaban J connectivity index is 2.28. The third-order valence-electron chi connectivity index (χ3n) is 2.78. The van der Waals surface area contributed by atoms with Gasteiger partial charge in [0.2, 0.25) is 0 Å². The van der Waals surface area contributed by atoms with Crippen LogP contribution in [-0.4, -0.2) is 29.6 Å². The number of aryl methyl sites for hydroxylation is 1. The number of hydrogen-bond acceptors (Lipinski definition) is 4. The van der Waals surface area contributed by atoms with Gasteiger partial charge in [-0.15, -0.1) is 0 Å². The van der Waals surface area contributed by atoms with Crippen LogP contribution in [0.1, 0.15) is 24.2 Å². The Morgan fingerprint density at radius 1 is 1.40 bits per heavy atom. The van der Waals surface area contributed by atoms with Gasteiger partial charge in [-0.1, -0.05) is 0 Å². The lowest BCUT2D eigenvalue weighted by Crippen LogP contribution is -2.22. The van der Waals surface area contributed by atoms with Crippen molar-refractivity contribution in [1.29, 1.82) is 0 Å². The van der Waals surface area contributed by atoms with Gasteiger partial charge in [-0.2, -0.15) is 0 Å². The SMILES string of the molecule is Cc1ncc(CCN)c(N2CCCC2)n1. The van der Waals surface area contributed by atoms with Crippen LogP contribution in [0.25, 0.3) is 0 Å². The van der Waals surface area contributed by atoms with Crippen molar-refractivity contribution >= 4 is 5.82 Å². The first-order valence-corrected chi connectivity index (χ1v) is 5.59. The molecule has 1 saturated heterocycles. The van der Waals surface area contributed by atoms with Crippen LogP contribution in [0, 0.1) is 6.92 Å². The Hall–Kier alpha value is -1.16. The number of rotatable bonds is 3. The van der Waals surface area contributed by atoms with Crippen LogP contribution in [-0.2, 0) is 6.42 Å². The average molecular weight is 206 g/mol. The summed E-state index contributed by atoms with van der Waals surface area (Å²) in [5.74, 6) is 1.95. The molecule has 0 aromatic carbocycles. The van der Waals surface area contributed by atoms with E-state index >= 15 is 0 Å². The van der Waals surface area contributed by atoms with E-state index in [1.54, 1.807) is 0 Å². The summed E-state index contributed by atoms with van der Waals surface area (Å²) < 4.78 is 0. The molecular weight excluding hydrogens is 188 g/mol. The summed E-state index contributed by atoms with van der Waals surface area (Å²) in [5.41, 5.74) is 6.78. The molecule has 0 bridgehead atoms. The summed E-state index contributed by atoms with van der Waals surface area (Å²) in [6, 6.07) is 0. The molecule has 2 rings (SSSR count). The third kappa shape index (κ3) is 2.26. The summed E-state index contributed by atoms with van der Waals surface area (Å²) in [6.45, 7) is 4.83. The molecule has 0 saturated carbocycles. The number of nitrogens with two attached hydrogens (primary N) is 1. The van der Waals surface area contributed by atoms with E-state index in [1.165, 1.54) is 18.4 Å². The van der Waals surface area contributed by atoms with Gasteiger partial charge in [0.1, 0.15) is 11.6 Å². The van der Waals surface area contributed by atoms with Crippen LogP contribution >= 0.6 is 0 Å². The van der Waals surface area contributed by atoms with E-state index in [2.05, 4.69) is 14.9 Å². The van der Waals surface area contributed by atoms with Crippen LogP contribution in [0.2, 0.25) is 0 Å². The first kappa shape index (κ1) is 10.4. The normalized spacial score (nSPS) is 16.0. The van der Waals surface area contributed by atoms with E-state index in [9.17, 15) is 0 Å². The highest BCUT2D eigenvalue weighted by Crippen LogP contribution is 2.22. The quantitative estimate of drug-likeness (QED) is 0.798. The summed E-state index contributed by atoms with van der Waals surface area (Å²) in [7, 11) is 0. The van der Waals surface area contributed by atoms with Crippen molar-refractivity contribution in [2.24, 2.45) is 5.73 Å². The minimum absolute atomic E-state index is 0.660. The first-order chi connectivity index (χ1) is 7.31. The Morgan fingerprint density at radius 2 is 2.13 bits per heavy atom. The lowest BCUT2D eigenvalue weighted by atomic mass is 10.2. The van der Waals surface area contributed by atoms with Gasteiger partial charge < -0.3 is 10.6 Å². The molecule has 82 valence electrons. The number of nitrogens with zero attached hydrogens (tertiary/aromatic N) is 3. The van der Waals surface area contributed by atoms with Gasteiger partial charge in [0, 0.05) is 24.8 Å². The molecule has 0 atom stereocenters. The zero-order valence-corrected chi connectivity index (χ0v) is 9.24. The van der Waals surface area contributed by atoms with Crippen molar-refractivity contribution in [2.75, 3.05) is 24.5 Å². The second kappa shape index (κ2) is 4.57. The van der Waals surface area contributed by atoms with Gasteiger partial charge in [0.15, 0.2) is 0 Å². The molecule has 0 amide bonds. The lowest BCUT2D eigenvalue weighted by Gasteiger charge is -2.19. The first-order valence-electron chi connectivity index (χ1n) is 5.59. The minimum Gasteiger partial charge on any atom is -0.356 e. The highest BCUT2D eigenvalue weighted by Gasteiger charge is 2.17. The topological polar surface area (TPSA) is 55.0 Å². The highest BCUT2D eigenvalue weighted by molar-refractivity contribution is 5.47. The van der Waals surface area contributed by atoms with Crippen LogP contribution in [0.3, 0.4) is 0 Å². The van der Waals surface area contributed by atoms with Crippen molar-refractivity contribution in [3.8, 4) is 0 Å². The van der Waals surface area contributed by atoms with Gasteiger partial charge in [-0.05, 0) is 32.7 Å². The van der Waals surface area contributed by atoms with Crippen LogP contribution in [0.4, 0.5) is 5.82 Å². The van der Waals surface area contributed by atoms with E-state index in [0.717, 1.165) is 31.2 Å². The maximum Gasteiger partial charge on any atom is 0.135 e. The van der Waals surface area contributed by atoms with E-state index in [4.69, 9.17) is 5.73 Å². The molecule has 2 heterocycles. The van der Waals surface area contributed by atoms with Gasteiger partial charge in [0.05, 0.1) is 0 Å². The molecule has 4 heteroatoms. The van der Waals surface area contributed by atoms with Crippen LogP contribution in [0.5, 0.6) is 0 Å². The van der Waals surface area contributed by atoms with Crippen molar-refractivity contribution < 1.29 is 0 Å². The predicted molar refractivity (Wildman–Crippen MR) is 61.0 cm³/mol. The van der Waals surface area contributed by atoms with Crippen LogP contribution < -0.4 is 10.6 Å². The maximum atomic E-state index is 5.59. The molecular formula is C11H18N4. The van der Waals surface area contributed by atoms with Crippen molar-refractivity contribution in [3.05, 3.63) is 17.6 Å². The van der Waals surface area contributed by atoms with Gasteiger partial charge in [-0.25, -0.2) is 9.97 Å². The van der Waals surface area contributed by atoms with Crippen molar-refractivity contribution in [1.82, 2.24) is 9.97 Å². The lowest BCUT2D eigenvalue weighted by molar-refractivity contribution is 0.861. The van der Waals surface area contributed by atoms with Crippen molar-refractivity contribution in [2.45, 2.75) is 26.2 Å². The summed E-state index contributed by atoms with van der Waals surface area (Å²) >= 11 is 0. The maximum absolute atomic E-state index is 5.59. The smallest absolute Gasteiger partial charge is 0.135 e. The number of aromatic nitrogens is 2. The monoisotopic (exact) mass is 206 g/mol. The predicted octanol–water partition coefficient (Wildman–Crippen LogP) is 0.886. The highest BCUT2D eigenvalue weighted by atomic mass is 15.2.